The maximum atomic E-state index is 12.1. The molecule has 0 fully saturated rings. The first kappa shape index (κ1) is 15.9. The number of amides is 2. The third-order valence-corrected chi connectivity index (χ3v) is 2.92. The van der Waals surface area contributed by atoms with Crippen molar-refractivity contribution in [3.8, 4) is 0 Å². The molecule has 0 rings (SSSR count). The summed E-state index contributed by atoms with van der Waals surface area (Å²) in [6.45, 7) is 7.97. The maximum Gasteiger partial charge on any atom is 0.240 e. The molecule has 2 atom stereocenters. The first-order chi connectivity index (χ1) is 7.82. The molecule has 2 amide bonds. The number of nitrogens with two attached hydrogens (primary N) is 2. The number of primary amides is 1. The van der Waals surface area contributed by atoms with Crippen LogP contribution in [-0.2, 0) is 9.59 Å². The zero-order valence-corrected chi connectivity index (χ0v) is 11.3. The minimum Gasteiger partial charge on any atom is -0.368 e. The topological polar surface area (TPSA) is 89.4 Å². The molecule has 0 aliphatic carbocycles. The molecule has 0 aliphatic heterocycles. The van der Waals surface area contributed by atoms with Crippen molar-refractivity contribution < 1.29 is 9.59 Å². The van der Waals surface area contributed by atoms with Crippen molar-refractivity contribution in [2.45, 2.75) is 52.6 Å². The number of carbonyl (C=O) groups is 2. The predicted molar refractivity (Wildman–Crippen MR) is 68.1 cm³/mol. The molecule has 0 aromatic carbocycles. The Morgan fingerprint density at radius 1 is 1.24 bits per heavy atom. The highest BCUT2D eigenvalue weighted by atomic mass is 16.2. The third-order valence-electron chi connectivity index (χ3n) is 2.92. The molecule has 0 spiro atoms. The highest BCUT2D eigenvalue weighted by Gasteiger charge is 2.28. The molecule has 5 heteroatoms. The van der Waals surface area contributed by atoms with E-state index in [9.17, 15) is 9.59 Å². The van der Waals surface area contributed by atoms with Gasteiger partial charge in [-0.25, -0.2) is 0 Å². The highest BCUT2D eigenvalue weighted by Crippen LogP contribution is 2.09. The second-order valence-corrected chi connectivity index (χ2v) is 4.73. The zero-order valence-electron chi connectivity index (χ0n) is 11.3. The summed E-state index contributed by atoms with van der Waals surface area (Å²) in [4.78, 5) is 24.8. The fourth-order valence-electron chi connectivity index (χ4n) is 1.45. The largest absolute Gasteiger partial charge is 0.368 e. The van der Waals surface area contributed by atoms with E-state index in [1.165, 1.54) is 4.90 Å². The molecule has 0 heterocycles. The van der Waals surface area contributed by atoms with Crippen molar-refractivity contribution in [1.29, 1.82) is 0 Å². The standard InChI is InChI=1S/C12H25N3O2/c1-5-6-7-15(9(4)11(14)16)12(17)10(13)8(2)3/h8-10H,5-7,13H2,1-4H3,(H2,14,16). The fourth-order valence-corrected chi connectivity index (χ4v) is 1.45. The Balaban J connectivity index is 4.78. The van der Waals surface area contributed by atoms with Crippen molar-refractivity contribution >= 4 is 11.8 Å². The number of hydrogen-bond acceptors (Lipinski definition) is 3. The van der Waals surface area contributed by atoms with Crippen LogP contribution in [0.4, 0.5) is 0 Å². The Hall–Kier alpha value is -1.10. The molecular weight excluding hydrogens is 218 g/mol. The first-order valence-corrected chi connectivity index (χ1v) is 6.18. The van der Waals surface area contributed by atoms with E-state index >= 15 is 0 Å². The van der Waals surface area contributed by atoms with E-state index in [-0.39, 0.29) is 11.8 Å². The van der Waals surface area contributed by atoms with Gasteiger partial charge >= 0.3 is 0 Å². The lowest BCUT2D eigenvalue weighted by molar-refractivity contribution is -0.140. The maximum absolute atomic E-state index is 12.1. The summed E-state index contributed by atoms with van der Waals surface area (Å²) in [7, 11) is 0. The van der Waals surface area contributed by atoms with E-state index in [4.69, 9.17) is 11.5 Å². The molecule has 17 heavy (non-hydrogen) atoms. The van der Waals surface area contributed by atoms with Crippen molar-refractivity contribution in [2.24, 2.45) is 17.4 Å². The summed E-state index contributed by atoms with van der Waals surface area (Å²) in [6, 6.07) is -1.17. The van der Waals surface area contributed by atoms with Gasteiger partial charge in [-0.2, -0.15) is 0 Å². The quantitative estimate of drug-likeness (QED) is 0.681. The van der Waals surface area contributed by atoms with Crippen LogP contribution in [0.1, 0.15) is 40.5 Å². The van der Waals surface area contributed by atoms with Gasteiger partial charge in [-0.3, -0.25) is 9.59 Å². The third kappa shape index (κ3) is 4.73. The van der Waals surface area contributed by atoms with Crippen LogP contribution in [0.2, 0.25) is 0 Å². The molecule has 0 aromatic heterocycles. The molecule has 0 saturated carbocycles. The summed E-state index contributed by atoms with van der Waals surface area (Å²) in [6.07, 6.45) is 1.79. The van der Waals surface area contributed by atoms with Crippen LogP contribution in [0.3, 0.4) is 0 Å². The molecule has 2 unspecified atom stereocenters. The highest BCUT2D eigenvalue weighted by molar-refractivity contribution is 5.88. The summed E-state index contributed by atoms with van der Waals surface area (Å²) < 4.78 is 0. The van der Waals surface area contributed by atoms with Gasteiger partial charge in [0.15, 0.2) is 0 Å². The molecule has 0 aromatic rings. The van der Waals surface area contributed by atoms with Gasteiger partial charge in [0.2, 0.25) is 11.8 Å². The number of carbonyl (C=O) groups excluding carboxylic acids is 2. The molecule has 4 N–H and O–H groups in total. The van der Waals surface area contributed by atoms with E-state index in [0.29, 0.717) is 6.54 Å². The van der Waals surface area contributed by atoms with Gasteiger partial charge in [0.25, 0.3) is 0 Å². The number of nitrogens with zero attached hydrogens (tertiary/aromatic N) is 1. The second-order valence-electron chi connectivity index (χ2n) is 4.73. The van der Waals surface area contributed by atoms with E-state index in [2.05, 4.69) is 0 Å². The Morgan fingerprint density at radius 3 is 2.12 bits per heavy atom. The van der Waals surface area contributed by atoms with Crippen LogP contribution in [0.5, 0.6) is 0 Å². The molecule has 0 aliphatic rings. The van der Waals surface area contributed by atoms with E-state index in [1.54, 1.807) is 6.92 Å². The molecular formula is C12H25N3O2. The van der Waals surface area contributed by atoms with Gasteiger partial charge in [0.1, 0.15) is 6.04 Å². The zero-order chi connectivity index (χ0) is 13.6. The Morgan fingerprint density at radius 2 is 1.76 bits per heavy atom. The Labute approximate surface area is 104 Å². The second kappa shape index (κ2) is 7.27. The molecule has 0 bridgehead atoms. The van der Waals surface area contributed by atoms with Crippen LogP contribution >= 0.6 is 0 Å². The van der Waals surface area contributed by atoms with Crippen molar-refractivity contribution in [1.82, 2.24) is 4.90 Å². The molecule has 0 saturated heterocycles. The van der Waals surface area contributed by atoms with Crippen LogP contribution in [0, 0.1) is 5.92 Å². The van der Waals surface area contributed by atoms with Crippen LogP contribution in [0.25, 0.3) is 0 Å². The molecule has 100 valence electrons. The normalized spacial score (nSPS) is 14.5. The van der Waals surface area contributed by atoms with E-state index in [0.717, 1.165) is 12.8 Å². The van der Waals surface area contributed by atoms with Gasteiger partial charge in [-0.1, -0.05) is 27.2 Å². The fraction of sp³-hybridized carbons (Fsp3) is 0.833. The lowest BCUT2D eigenvalue weighted by Crippen LogP contribution is -2.53. The van der Waals surface area contributed by atoms with Crippen molar-refractivity contribution in [3.05, 3.63) is 0 Å². The monoisotopic (exact) mass is 243 g/mol. The summed E-state index contributed by atoms with van der Waals surface area (Å²) in [5.74, 6) is -0.642. The van der Waals surface area contributed by atoms with Gasteiger partial charge in [-0.15, -0.1) is 0 Å². The number of hydrogen-bond donors (Lipinski definition) is 2. The smallest absolute Gasteiger partial charge is 0.240 e. The van der Waals surface area contributed by atoms with Crippen LogP contribution in [-0.4, -0.2) is 35.3 Å². The molecule has 0 radical (unpaired) electrons. The lowest BCUT2D eigenvalue weighted by atomic mass is 10.0. The minimum absolute atomic E-state index is 0.0479. The lowest BCUT2D eigenvalue weighted by Gasteiger charge is -2.30. The van der Waals surface area contributed by atoms with Gasteiger partial charge in [0.05, 0.1) is 6.04 Å². The van der Waals surface area contributed by atoms with E-state index < -0.39 is 18.0 Å². The Kier molecular flexibility index (Phi) is 6.80. The predicted octanol–water partition coefficient (Wildman–Crippen LogP) is 0.472. The van der Waals surface area contributed by atoms with Crippen molar-refractivity contribution in [2.75, 3.05) is 6.54 Å². The van der Waals surface area contributed by atoms with Crippen LogP contribution in [0.15, 0.2) is 0 Å². The summed E-state index contributed by atoms with van der Waals surface area (Å²) in [5.41, 5.74) is 11.1. The number of unbranched alkanes of at least 4 members (excludes halogenated alkanes) is 1. The van der Waals surface area contributed by atoms with Crippen LogP contribution < -0.4 is 11.5 Å². The first-order valence-electron chi connectivity index (χ1n) is 6.18. The molecule has 5 nitrogen and oxygen atoms in total. The average molecular weight is 243 g/mol. The van der Waals surface area contributed by atoms with Gasteiger partial charge in [-0.05, 0) is 19.3 Å². The Bertz CT molecular complexity index is 266. The summed E-state index contributed by atoms with van der Waals surface area (Å²) in [5, 5.41) is 0. The van der Waals surface area contributed by atoms with Gasteiger partial charge in [0, 0.05) is 6.54 Å². The minimum atomic E-state index is -0.598. The average Bonchev–Trinajstić information content (AvgIpc) is 2.27. The van der Waals surface area contributed by atoms with Crippen molar-refractivity contribution in [3.63, 3.8) is 0 Å². The SMILES string of the molecule is CCCCN(C(=O)C(N)C(C)C)C(C)C(N)=O. The summed E-state index contributed by atoms with van der Waals surface area (Å²) >= 11 is 0. The van der Waals surface area contributed by atoms with E-state index in [1.807, 2.05) is 20.8 Å². The van der Waals surface area contributed by atoms with Gasteiger partial charge < -0.3 is 16.4 Å². The number of rotatable bonds is 7.